The molecule has 0 aliphatic rings. The maximum Gasteiger partial charge on any atom is 0.433 e. The Morgan fingerprint density at radius 2 is 1.57 bits per heavy atom. The monoisotopic (exact) mass is 296 g/mol. The van der Waals surface area contributed by atoms with Gasteiger partial charge in [-0.15, -0.1) is 0 Å². The van der Waals surface area contributed by atoms with Crippen molar-refractivity contribution in [3.05, 3.63) is 41.1 Å². The SMILES string of the molecule is Cc1cc(C)cc(N(C)c2cc(C(F)(F)F)nc(N)n2)c1. The number of anilines is 3. The van der Waals surface area contributed by atoms with E-state index in [1.165, 1.54) is 0 Å². The minimum Gasteiger partial charge on any atom is -0.368 e. The Bertz CT molecular complexity index is 648. The summed E-state index contributed by atoms with van der Waals surface area (Å²) in [4.78, 5) is 8.66. The van der Waals surface area contributed by atoms with Crippen LogP contribution in [0.4, 0.5) is 30.6 Å². The van der Waals surface area contributed by atoms with Crippen molar-refractivity contribution >= 4 is 17.5 Å². The zero-order valence-corrected chi connectivity index (χ0v) is 11.9. The van der Waals surface area contributed by atoms with Gasteiger partial charge in [-0.25, -0.2) is 4.98 Å². The highest BCUT2D eigenvalue weighted by Gasteiger charge is 2.34. The van der Waals surface area contributed by atoms with Gasteiger partial charge in [0.1, 0.15) is 5.82 Å². The molecule has 4 nitrogen and oxygen atoms in total. The van der Waals surface area contributed by atoms with E-state index in [0.29, 0.717) is 0 Å². The molecule has 0 bridgehead atoms. The van der Waals surface area contributed by atoms with Gasteiger partial charge in [-0.05, 0) is 37.1 Å². The summed E-state index contributed by atoms with van der Waals surface area (Å²) < 4.78 is 38.3. The number of benzene rings is 1. The first-order valence-electron chi connectivity index (χ1n) is 6.20. The summed E-state index contributed by atoms with van der Waals surface area (Å²) in [5.74, 6) is -0.309. The number of nitrogens with zero attached hydrogens (tertiary/aromatic N) is 3. The molecule has 0 unspecified atom stereocenters. The molecule has 0 fully saturated rings. The van der Waals surface area contributed by atoms with Crippen LogP contribution in [0.25, 0.3) is 0 Å². The fourth-order valence-corrected chi connectivity index (χ4v) is 2.05. The summed E-state index contributed by atoms with van der Waals surface area (Å²) in [7, 11) is 1.64. The smallest absolute Gasteiger partial charge is 0.368 e. The summed E-state index contributed by atoms with van der Waals surface area (Å²) in [5.41, 5.74) is 7.08. The first-order chi connectivity index (χ1) is 9.66. The lowest BCUT2D eigenvalue weighted by molar-refractivity contribution is -0.141. The van der Waals surface area contributed by atoms with Crippen molar-refractivity contribution in [1.82, 2.24) is 9.97 Å². The van der Waals surface area contributed by atoms with E-state index < -0.39 is 17.8 Å². The van der Waals surface area contributed by atoms with Crippen LogP contribution >= 0.6 is 0 Å². The highest BCUT2D eigenvalue weighted by molar-refractivity contribution is 5.62. The molecule has 0 aliphatic heterocycles. The van der Waals surface area contributed by atoms with Crippen LogP contribution in [-0.2, 0) is 6.18 Å². The van der Waals surface area contributed by atoms with Crippen molar-refractivity contribution in [3.8, 4) is 0 Å². The number of aromatic nitrogens is 2. The normalized spacial score (nSPS) is 11.5. The van der Waals surface area contributed by atoms with Crippen LogP contribution in [0.15, 0.2) is 24.3 Å². The molecule has 0 spiro atoms. The second-order valence-electron chi connectivity index (χ2n) is 4.87. The van der Waals surface area contributed by atoms with E-state index in [2.05, 4.69) is 9.97 Å². The highest BCUT2D eigenvalue weighted by atomic mass is 19.4. The molecule has 7 heteroatoms. The van der Waals surface area contributed by atoms with E-state index in [1.807, 2.05) is 32.0 Å². The van der Waals surface area contributed by atoms with Crippen LogP contribution in [0.3, 0.4) is 0 Å². The average Bonchev–Trinajstić information content (AvgIpc) is 2.35. The zero-order valence-electron chi connectivity index (χ0n) is 11.9. The molecular weight excluding hydrogens is 281 g/mol. The Kier molecular flexibility index (Phi) is 3.76. The standard InChI is InChI=1S/C14H15F3N4/c1-8-4-9(2)6-10(5-8)21(3)12-7-11(14(15,16)17)19-13(18)20-12/h4-7H,1-3H3,(H2,18,19,20). The lowest BCUT2D eigenvalue weighted by Crippen LogP contribution is -2.17. The molecule has 2 N–H and O–H groups in total. The molecule has 1 aromatic heterocycles. The van der Waals surface area contributed by atoms with Crippen LogP contribution in [0.1, 0.15) is 16.8 Å². The minimum atomic E-state index is -4.56. The fourth-order valence-electron chi connectivity index (χ4n) is 2.05. The topological polar surface area (TPSA) is 55.0 Å². The molecule has 112 valence electrons. The fraction of sp³-hybridized carbons (Fsp3) is 0.286. The molecule has 0 amide bonds. The first kappa shape index (κ1) is 15.1. The van der Waals surface area contributed by atoms with Crippen LogP contribution in [-0.4, -0.2) is 17.0 Å². The number of hydrogen-bond donors (Lipinski definition) is 1. The Morgan fingerprint density at radius 1 is 1.00 bits per heavy atom. The van der Waals surface area contributed by atoms with E-state index >= 15 is 0 Å². The second-order valence-corrected chi connectivity index (χ2v) is 4.87. The quantitative estimate of drug-likeness (QED) is 0.922. The van der Waals surface area contributed by atoms with Gasteiger partial charge in [0.05, 0.1) is 0 Å². The minimum absolute atomic E-state index is 0.0971. The summed E-state index contributed by atoms with van der Waals surface area (Å²) >= 11 is 0. The number of nitrogens with two attached hydrogens (primary N) is 1. The number of aryl methyl sites for hydroxylation is 2. The molecule has 2 rings (SSSR count). The van der Waals surface area contributed by atoms with Gasteiger partial charge in [-0.1, -0.05) is 6.07 Å². The Morgan fingerprint density at radius 3 is 2.10 bits per heavy atom. The third-order valence-electron chi connectivity index (χ3n) is 2.96. The average molecular weight is 296 g/mol. The van der Waals surface area contributed by atoms with E-state index in [1.54, 1.807) is 11.9 Å². The number of nitrogen functional groups attached to an aromatic ring is 1. The van der Waals surface area contributed by atoms with Gasteiger partial charge in [-0.2, -0.15) is 18.2 Å². The zero-order chi connectivity index (χ0) is 15.8. The van der Waals surface area contributed by atoms with Crippen molar-refractivity contribution in [3.63, 3.8) is 0 Å². The van der Waals surface area contributed by atoms with Crippen molar-refractivity contribution < 1.29 is 13.2 Å². The maximum absolute atomic E-state index is 12.8. The Balaban J connectivity index is 2.48. The Labute approximate surface area is 120 Å². The van der Waals surface area contributed by atoms with Crippen LogP contribution < -0.4 is 10.6 Å². The van der Waals surface area contributed by atoms with Gasteiger partial charge in [0.15, 0.2) is 5.69 Å². The summed E-state index contributed by atoms with van der Waals surface area (Å²) in [6.07, 6.45) is -4.56. The van der Waals surface area contributed by atoms with Crippen LogP contribution in [0, 0.1) is 13.8 Å². The van der Waals surface area contributed by atoms with Gasteiger partial charge in [0.25, 0.3) is 0 Å². The lowest BCUT2D eigenvalue weighted by Gasteiger charge is -2.20. The van der Waals surface area contributed by atoms with Gasteiger partial charge >= 0.3 is 6.18 Å². The van der Waals surface area contributed by atoms with Crippen molar-refractivity contribution in [2.75, 3.05) is 17.7 Å². The summed E-state index contributed by atoms with van der Waals surface area (Å²) in [6.45, 7) is 3.83. The molecule has 1 aromatic carbocycles. The van der Waals surface area contributed by atoms with Crippen molar-refractivity contribution in [2.45, 2.75) is 20.0 Å². The van der Waals surface area contributed by atoms with Gasteiger partial charge in [0.2, 0.25) is 5.95 Å². The van der Waals surface area contributed by atoms with E-state index in [-0.39, 0.29) is 5.82 Å². The molecule has 1 heterocycles. The number of rotatable bonds is 2. The van der Waals surface area contributed by atoms with Crippen molar-refractivity contribution in [1.29, 1.82) is 0 Å². The largest absolute Gasteiger partial charge is 0.433 e. The number of alkyl halides is 3. The van der Waals surface area contributed by atoms with Gasteiger partial charge in [-0.3, -0.25) is 0 Å². The molecule has 0 saturated heterocycles. The van der Waals surface area contributed by atoms with Crippen LogP contribution in [0.5, 0.6) is 0 Å². The third kappa shape index (κ3) is 3.42. The summed E-state index contributed by atoms with van der Waals surface area (Å²) in [5, 5.41) is 0. The van der Waals surface area contributed by atoms with E-state index in [0.717, 1.165) is 22.9 Å². The van der Waals surface area contributed by atoms with E-state index in [4.69, 9.17) is 5.73 Å². The van der Waals surface area contributed by atoms with Gasteiger partial charge < -0.3 is 10.6 Å². The molecule has 2 aromatic rings. The molecule has 0 radical (unpaired) electrons. The molecule has 0 saturated carbocycles. The van der Waals surface area contributed by atoms with Crippen LogP contribution in [0.2, 0.25) is 0 Å². The second kappa shape index (κ2) is 5.23. The van der Waals surface area contributed by atoms with Crippen molar-refractivity contribution in [2.24, 2.45) is 0 Å². The summed E-state index contributed by atoms with van der Waals surface area (Å²) in [6, 6.07) is 6.58. The number of halogens is 3. The maximum atomic E-state index is 12.8. The molecule has 0 aliphatic carbocycles. The van der Waals surface area contributed by atoms with Gasteiger partial charge in [0, 0.05) is 18.8 Å². The molecular formula is C14H15F3N4. The lowest BCUT2D eigenvalue weighted by atomic mass is 10.1. The highest BCUT2D eigenvalue weighted by Crippen LogP contribution is 2.32. The Hall–Kier alpha value is -2.31. The predicted octanol–water partition coefficient (Wildman–Crippen LogP) is 3.46. The predicted molar refractivity (Wildman–Crippen MR) is 75.4 cm³/mol. The van der Waals surface area contributed by atoms with E-state index in [9.17, 15) is 13.2 Å². The first-order valence-corrected chi connectivity index (χ1v) is 6.20. The third-order valence-corrected chi connectivity index (χ3v) is 2.96. The number of hydrogen-bond acceptors (Lipinski definition) is 4. The molecule has 21 heavy (non-hydrogen) atoms. The molecule has 0 atom stereocenters.